The molecule has 0 fully saturated rings. The lowest BCUT2D eigenvalue weighted by molar-refractivity contribution is -0.383. The van der Waals surface area contributed by atoms with Crippen molar-refractivity contribution in [1.82, 2.24) is 5.32 Å². The molecule has 118 valence electrons. The van der Waals surface area contributed by atoms with Gasteiger partial charge in [-0.15, -0.1) is 12.4 Å². The lowest BCUT2D eigenvalue weighted by Gasteiger charge is -2.17. The van der Waals surface area contributed by atoms with Crippen LogP contribution in [0.4, 0.5) is 11.4 Å². The molecule has 0 spiro atoms. The van der Waals surface area contributed by atoms with E-state index in [2.05, 4.69) is 5.32 Å². The van der Waals surface area contributed by atoms with Crippen LogP contribution in [0, 0.1) is 10.1 Å². The molecule has 0 heterocycles. The Bertz CT molecular complexity index is 496. The van der Waals surface area contributed by atoms with Crippen molar-refractivity contribution in [2.45, 2.75) is 32.2 Å². The summed E-state index contributed by atoms with van der Waals surface area (Å²) in [5.41, 5.74) is 11.0. The quantitative estimate of drug-likeness (QED) is 0.402. The number of hydrogen-bond donors (Lipinski definition) is 3. The van der Waals surface area contributed by atoms with Gasteiger partial charge in [0, 0.05) is 18.7 Å². The number of nitrogens with zero attached hydrogens (tertiary/aromatic N) is 1. The number of unbranched alkanes of at least 4 members (excludes halogenated alkanes) is 1. The van der Waals surface area contributed by atoms with Crippen molar-refractivity contribution in [2.75, 3.05) is 12.3 Å². The molecule has 0 aliphatic heterocycles. The molecule has 0 aliphatic carbocycles. The van der Waals surface area contributed by atoms with Crippen molar-refractivity contribution >= 4 is 29.7 Å². The van der Waals surface area contributed by atoms with E-state index >= 15 is 0 Å². The zero-order valence-electron chi connectivity index (χ0n) is 11.9. The van der Waals surface area contributed by atoms with E-state index in [-0.39, 0.29) is 35.4 Å². The molecular formula is C13H21ClN4O3. The summed E-state index contributed by atoms with van der Waals surface area (Å²) in [7, 11) is 0. The molecule has 0 aromatic heterocycles. The maximum atomic E-state index is 12.1. The van der Waals surface area contributed by atoms with Gasteiger partial charge in [-0.05, 0) is 12.5 Å². The van der Waals surface area contributed by atoms with E-state index in [1.165, 1.54) is 18.2 Å². The first kappa shape index (κ1) is 19.1. The molecule has 0 bridgehead atoms. The van der Waals surface area contributed by atoms with Crippen molar-refractivity contribution in [3.05, 3.63) is 33.9 Å². The Kier molecular flexibility index (Phi) is 8.34. The third-order valence-electron chi connectivity index (χ3n) is 3.05. The number of benzene rings is 1. The summed E-state index contributed by atoms with van der Waals surface area (Å²) >= 11 is 0. The highest BCUT2D eigenvalue weighted by atomic mass is 35.5. The molecule has 1 atom stereocenters. The first-order valence-electron chi connectivity index (χ1n) is 6.55. The minimum atomic E-state index is -0.608. The van der Waals surface area contributed by atoms with Gasteiger partial charge < -0.3 is 16.8 Å². The summed E-state index contributed by atoms with van der Waals surface area (Å²) in [5.74, 6) is -0.433. The number of carbonyl (C=O) groups excluding carboxylic acids is 1. The van der Waals surface area contributed by atoms with Gasteiger partial charge in [-0.3, -0.25) is 14.9 Å². The molecule has 21 heavy (non-hydrogen) atoms. The number of nitrogens with two attached hydrogens (primary N) is 2. The van der Waals surface area contributed by atoms with E-state index in [9.17, 15) is 14.9 Å². The van der Waals surface area contributed by atoms with Crippen LogP contribution in [0.5, 0.6) is 0 Å². The van der Waals surface area contributed by atoms with Crippen molar-refractivity contribution in [3.63, 3.8) is 0 Å². The molecule has 0 saturated carbocycles. The van der Waals surface area contributed by atoms with Crippen molar-refractivity contribution in [2.24, 2.45) is 5.73 Å². The van der Waals surface area contributed by atoms with Gasteiger partial charge in [0.1, 0.15) is 5.69 Å². The standard InChI is InChI=1S/C13H20N4O3.ClH/c1-2-3-5-9(8-14)16-13(18)10-6-4-7-11(12(10)15)17(19)20;/h4,6-7,9H,2-3,5,8,14-15H2,1H3,(H,16,18);1H. The average molecular weight is 317 g/mol. The van der Waals surface area contributed by atoms with Crippen molar-refractivity contribution in [3.8, 4) is 0 Å². The van der Waals surface area contributed by atoms with Crippen LogP contribution < -0.4 is 16.8 Å². The van der Waals surface area contributed by atoms with E-state index < -0.39 is 10.8 Å². The smallest absolute Gasteiger partial charge is 0.292 e. The second kappa shape index (κ2) is 9.15. The number of hydrogen-bond acceptors (Lipinski definition) is 5. The van der Waals surface area contributed by atoms with Crippen LogP contribution >= 0.6 is 12.4 Å². The summed E-state index contributed by atoms with van der Waals surface area (Å²) in [5, 5.41) is 13.5. The first-order valence-corrected chi connectivity index (χ1v) is 6.55. The fourth-order valence-electron chi connectivity index (χ4n) is 1.87. The number of anilines is 1. The van der Waals surface area contributed by atoms with Gasteiger partial charge in [0.05, 0.1) is 10.5 Å². The topological polar surface area (TPSA) is 124 Å². The molecule has 1 rings (SSSR count). The van der Waals surface area contributed by atoms with Gasteiger partial charge in [-0.2, -0.15) is 0 Å². The van der Waals surface area contributed by atoms with Crippen LogP contribution in [0.1, 0.15) is 36.5 Å². The van der Waals surface area contributed by atoms with Gasteiger partial charge in [0.25, 0.3) is 11.6 Å². The molecule has 0 radical (unpaired) electrons. The summed E-state index contributed by atoms with van der Waals surface area (Å²) in [6.07, 6.45) is 2.73. The number of rotatable bonds is 7. The molecule has 0 saturated heterocycles. The minimum Gasteiger partial charge on any atom is -0.393 e. The Morgan fingerprint density at radius 3 is 2.67 bits per heavy atom. The number of halogens is 1. The SMILES string of the molecule is CCCCC(CN)NC(=O)c1cccc([N+](=O)[O-])c1N.Cl. The zero-order chi connectivity index (χ0) is 15.1. The highest BCUT2D eigenvalue weighted by Gasteiger charge is 2.20. The predicted molar refractivity (Wildman–Crippen MR) is 84.6 cm³/mol. The molecule has 5 N–H and O–H groups in total. The second-order valence-corrected chi connectivity index (χ2v) is 4.54. The highest BCUT2D eigenvalue weighted by Crippen LogP contribution is 2.24. The van der Waals surface area contributed by atoms with Crippen LogP contribution in [0.25, 0.3) is 0 Å². The van der Waals surface area contributed by atoms with Gasteiger partial charge >= 0.3 is 0 Å². The lowest BCUT2D eigenvalue weighted by Crippen LogP contribution is -2.40. The molecule has 1 aromatic carbocycles. The zero-order valence-corrected chi connectivity index (χ0v) is 12.7. The number of amides is 1. The van der Waals surface area contributed by atoms with E-state index in [0.29, 0.717) is 6.54 Å². The summed E-state index contributed by atoms with van der Waals surface area (Å²) < 4.78 is 0. The Hall–Kier alpha value is -1.86. The molecule has 0 aliphatic rings. The van der Waals surface area contributed by atoms with Crippen LogP contribution in [-0.2, 0) is 0 Å². The molecule has 1 aromatic rings. The van der Waals surface area contributed by atoms with Gasteiger partial charge in [0.15, 0.2) is 0 Å². The Morgan fingerprint density at radius 1 is 1.48 bits per heavy atom. The Morgan fingerprint density at radius 2 is 2.14 bits per heavy atom. The van der Waals surface area contributed by atoms with Gasteiger partial charge in [-0.25, -0.2) is 0 Å². The third-order valence-corrected chi connectivity index (χ3v) is 3.05. The number of nitro benzene ring substituents is 1. The molecule has 1 unspecified atom stereocenters. The van der Waals surface area contributed by atoms with E-state index in [1.54, 1.807) is 0 Å². The van der Waals surface area contributed by atoms with Crippen LogP contribution in [0.2, 0.25) is 0 Å². The highest BCUT2D eigenvalue weighted by molar-refractivity contribution is 6.01. The van der Waals surface area contributed by atoms with Crippen molar-refractivity contribution in [1.29, 1.82) is 0 Å². The first-order chi connectivity index (χ1) is 9.51. The van der Waals surface area contributed by atoms with E-state index in [4.69, 9.17) is 11.5 Å². The van der Waals surface area contributed by atoms with Gasteiger partial charge in [-0.1, -0.05) is 25.8 Å². The number of nitro groups is 1. The predicted octanol–water partition coefficient (Wildman–Crippen LogP) is 1.85. The van der Waals surface area contributed by atoms with Crippen LogP contribution in [-0.4, -0.2) is 23.4 Å². The number of nitrogens with one attached hydrogen (secondary N) is 1. The summed E-state index contributed by atoms with van der Waals surface area (Å²) in [6.45, 7) is 2.37. The number of carbonyl (C=O) groups is 1. The molecular weight excluding hydrogens is 296 g/mol. The Labute approximate surface area is 129 Å². The maximum Gasteiger partial charge on any atom is 0.292 e. The van der Waals surface area contributed by atoms with E-state index in [1.807, 2.05) is 6.92 Å². The fraction of sp³-hybridized carbons (Fsp3) is 0.462. The summed E-state index contributed by atoms with van der Waals surface area (Å²) in [4.78, 5) is 22.3. The third kappa shape index (κ3) is 5.20. The molecule has 7 nitrogen and oxygen atoms in total. The molecule has 1 amide bonds. The lowest BCUT2D eigenvalue weighted by atomic mass is 10.1. The number of para-hydroxylation sites is 1. The number of nitrogen functional groups attached to an aromatic ring is 1. The monoisotopic (exact) mass is 316 g/mol. The molecule has 8 heteroatoms. The minimum absolute atomic E-state index is 0. The second-order valence-electron chi connectivity index (χ2n) is 4.54. The van der Waals surface area contributed by atoms with Gasteiger partial charge in [0.2, 0.25) is 0 Å². The average Bonchev–Trinajstić information content (AvgIpc) is 2.43. The van der Waals surface area contributed by atoms with Crippen molar-refractivity contribution < 1.29 is 9.72 Å². The summed E-state index contributed by atoms with van der Waals surface area (Å²) in [6, 6.07) is 4.02. The fourth-order valence-corrected chi connectivity index (χ4v) is 1.87. The van der Waals surface area contributed by atoms with Crippen LogP contribution in [0.3, 0.4) is 0 Å². The normalized spacial score (nSPS) is 11.3. The largest absolute Gasteiger partial charge is 0.393 e. The Balaban J connectivity index is 0.00000400. The van der Waals surface area contributed by atoms with Crippen LogP contribution in [0.15, 0.2) is 18.2 Å². The van der Waals surface area contributed by atoms with E-state index in [0.717, 1.165) is 19.3 Å². The maximum absolute atomic E-state index is 12.1.